The van der Waals surface area contributed by atoms with Gasteiger partial charge in [-0.3, -0.25) is 15.0 Å². The fourth-order valence-electron chi connectivity index (χ4n) is 2.94. The van der Waals surface area contributed by atoms with Gasteiger partial charge in [0.1, 0.15) is 0 Å². The normalized spacial score (nSPS) is 16.5. The molecule has 0 N–H and O–H groups in total. The first-order valence-electron chi connectivity index (χ1n) is 8.08. The van der Waals surface area contributed by atoms with Gasteiger partial charge in [0.2, 0.25) is 10.0 Å². The number of para-hydroxylation sites is 1. The molecule has 2 aromatic rings. The largest absolute Gasteiger partial charge is 0.296 e. The number of nitrogens with zero attached hydrogens (tertiary/aromatic N) is 3. The van der Waals surface area contributed by atoms with Crippen molar-refractivity contribution in [3.05, 3.63) is 68.7 Å². The van der Waals surface area contributed by atoms with Crippen molar-refractivity contribution in [1.29, 1.82) is 0 Å². The monoisotopic (exact) mass is 439 g/mol. The average Bonchev–Trinajstić information content (AvgIpc) is 2.64. The lowest BCUT2D eigenvalue weighted by molar-refractivity contribution is -0.387. The van der Waals surface area contributed by atoms with Crippen LogP contribution < -0.4 is 0 Å². The van der Waals surface area contributed by atoms with Crippen LogP contribution in [0.5, 0.6) is 0 Å². The number of nitro benzene ring substituents is 1. The number of halogens is 1. The second kappa shape index (κ2) is 7.83. The van der Waals surface area contributed by atoms with Crippen LogP contribution in [-0.4, -0.2) is 48.7 Å². The molecule has 0 unspecified atom stereocenters. The number of hydrogen-bond donors (Lipinski definition) is 0. The molecule has 7 nitrogen and oxygen atoms in total. The minimum absolute atomic E-state index is 0.244. The highest BCUT2D eigenvalue weighted by molar-refractivity contribution is 9.10. The second-order valence-electron chi connectivity index (χ2n) is 6.03. The maximum atomic E-state index is 12.8. The van der Waals surface area contributed by atoms with E-state index in [0.29, 0.717) is 26.2 Å². The number of benzene rings is 2. The lowest BCUT2D eigenvalue weighted by Gasteiger charge is -2.33. The molecule has 0 aliphatic carbocycles. The highest BCUT2D eigenvalue weighted by Crippen LogP contribution is 2.27. The fraction of sp³-hybridized carbons (Fsp3) is 0.294. The van der Waals surface area contributed by atoms with Crippen LogP contribution in [0, 0.1) is 10.1 Å². The Morgan fingerprint density at radius 2 is 1.62 bits per heavy atom. The third kappa shape index (κ3) is 4.12. The molecule has 3 rings (SSSR count). The summed E-state index contributed by atoms with van der Waals surface area (Å²) in [5.41, 5.74) is 0.771. The van der Waals surface area contributed by atoms with Crippen LogP contribution in [0.15, 0.2) is 57.9 Å². The summed E-state index contributed by atoms with van der Waals surface area (Å²) in [7, 11) is -3.88. The first kappa shape index (κ1) is 19.0. The van der Waals surface area contributed by atoms with Crippen molar-refractivity contribution in [2.24, 2.45) is 0 Å². The lowest BCUT2D eigenvalue weighted by Crippen LogP contribution is -2.48. The van der Waals surface area contributed by atoms with Gasteiger partial charge in [-0.2, -0.15) is 4.31 Å². The van der Waals surface area contributed by atoms with E-state index < -0.39 is 14.9 Å². The quantitative estimate of drug-likeness (QED) is 0.528. The van der Waals surface area contributed by atoms with Crippen molar-refractivity contribution in [2.75, 3.05) is 26.2 Å². The van der Waals surface area contributed by atoms with E-state index in [1.165, 1.54) is 28.6 Å². The Morgan fingerprint density at radius 3 is 2.23 bits per heavy atom. The zero-order valence-electron chi connectivity index (χ0n) is 13.9. The van der Waals surface area contributed by atoms with Gasteiger partial charge >= 0.3 is 0 Å². The zero-order chi connectivity index (χ0) is 18.7. The molecule has 9 heteroatoms. The molecule has 0 amide bonds. The first-order chi connectivity index (χ1) is 12.4. The molecule has 1 aliphatic rings. The molecule has 0 bridgehead atoms. The van der Waals surface area contributed by atoms with Crippen LogP contribution in [0.1, 0.15) is 5.56 Å². The molecule has 1 fully saturated rings. The summed E-state index contributed by atoms with van der Waals surface area (Å²) in [6.45, 7) is 2.52. The summed E-state index contributed by atoms with van der Waals surface area (Å²) in [6, 6.07) is 13.5. The lowest BCUT2D eigenvalue weighted by atomic mass is 10.2. The van der Waals surface area contributed by atoms with Crippen molar-refractivity contribution in [3.63, 3.8) is 0 Å². The van der Waals surface area contributed by atoms with Crippen LogP contribution in [0.2, 0.25) is 0 Å². The predicted octanol–water partition coefficient (Wildman–Crippen LogP) is 2.86. The molecule has 0 aromatic heterocycles. The van der Waals surface area contributed by atoms with E-state index in [9.17, 15) is 18.5 Å². The third-order valence-corrected chi connectivity index (χ3v) is 6.81. The summed E-state index contributed by atoms with van der Waals surface area (Å²) in [4.78, 5) is 12.4. The third-order valence-electron chi connectivity index (χ3n) is 4.33. The highest BCUT2D eigenvalue weighted by atomic mass is 79.9. The number of sulfonamides is 1. The van der Waals surface area contributed by atoms with Crippen LogP contribution in [0.3, 0.4) is 0 Å². The molecule has 1 saturated heterocycles. The molecule has 1 aliphatic heterocycles. The topological polar surface area (TPSA) is 83.8 Å². The summed E-state index contributed by atoms with van der Waals surface area (Å²) in [5, 5.41) is 11.1. The van der Waals surface area contributed by atoms with E-state index in [4.69, 9.17) is 0 Å². The number of rotatable bonds is 5. The average molecular weight is 440 g/mol. The van der Waals surface area contributed by atoms with Crippen LogP contribution in [0.25, 0.3) is 0 Å². The van der Waals surface area contributed by atoms with Gasteiger partial charge in [-0.05, 0) is 23.8 Å². The second-order valence-corrected chi connectivity index (χ2v) is 8.85. The van der Waals surface area contributed by atoms with Gasteiger partial charge in [-0.1, -0.05) is 40.2 Å². The molecular formula is C17H18BrN3O4S. The SMILES string of the molecule is O=[N+]([O-])c1ccccc1S(=O)(=O)N1CCN(Cc2ccc(Br)cc2)CC1. The van der Waals surface area contributed by atoms with Gasteiger partial charge in [0.25, 0.3) is 5.69 Å². The van der Waals surface area contributed by atoms with Crippen molar-refractivity contribution >= 4 is 31.6 Å². The maximum absolute atomic E-state index is 12.8. The molecule has 0 radical (unpaired) electrons. The number of nitro groups is 1. The fourth-order valence-corrected chi connectivity index (χ4v) is 4.79. The standard InChI is InChI=1S/C17H18BrN3O4S/c18-15-7-5-14(6-8-15)13-19-9-11-20(12-10-19)26(24,25)17-4-2-1-3-16(17)21(22)23/h1-8H,9-13H2. The molecular weight excluding hydrogens is 422 g/mol. The molecule has 0 spiro atoms. The zero-order valence-corrected chi connectivity index (χ0v) is 16.3. The van der Waals surface area contributed by atoms with Crippen molar-refractivity contribution in [3.8, 4) is 0 Å². The number of hydrogen-bond acceptors (Lipinski definition) is 5. The minimum atomic E-state index is -3.88. The van der Waals surface area contributed by atoms with Crippen LogP contribution >= 0.6 is 15.9 Å². The summed E-state index contributed by atoms with van der Waals surface area (Å²) in [5.74, 6) is 0. The first-order valence-corrected chi connectivity index (χ1v) is 10.3. The van der Waals surface area contributed by atoms with Gasteiger partial charge in [0, 0.05) is 43.3 Å². The van der Waals surface area contributed by atoms with Gasteiger partial charge < -0.3 is 0 Å². The van der Waals surface area contributed by atoms with Crippen molar-refractivity contribution in [1.82, 2.24) is 9.21 Å². The smallest absolute Gasteiger partial charge is 0.289 e. The molecule has 138 valence electrons. The van der Waals surface area contributed by atoms with Crippen LogP contribution in [0.4, 0.5) is 5.69 Å². The van der Waals surface area contributed by atoms with Gasteiger partial charge in [0.15, 0.2) is 4.90 Å². The minimum Gasteiger partial charge on any atom is -0.296 e. The maximum Gasteiger partial charge on any atom is 0.289 e. The Hall–Kier alpha value is -1.81. The Bertz CT molecular complexity index is 894. The molecule has 0 saturated carbocycles. The van der Waals surface area contributed by atoms with Gasteiger partial charge in [-0.15, -0.1) is 0 Å². The van der Waals surface area contributed by atoms with Gasteiger partial charge in [0.05, 0.1) is 4.92 Å². The molecule has 2 aromatic carbocycles. The van der Waals surface area contributed by atoms with E-state index in [1.807, 2.05) is 24.3 Å². The van der Waals surface area contributed by atoms with E-state index in [-0.39, 0.29) is 10.6 Å². The molecule has 26 heavy (non-hydrogen) atoms. The Kier molecular flexibility index (Phi) is 5.71. The van der Waals surface area contributed by atoms with Crippen molar-refractivity contribution < 1.29 is 13.3 Å². The summed E-state index contributed by atoms with van der Waals surface area (Å²) >= 11 is 3.40. The Morgan fingerprint density at radius 1 is 1.00 bits per heavy atom. The summed E-state index contributed by atoms with van der Waals surface area (Å²) in [6.07, 6.45) is 0. The Labute approximate surface area is 160 Å². The van der Waals surface area contributed by atoms with Gasteiger partial charge in [-0.25, -0.2) is 8.42 Å². The van der Waals surface area contributed by atoms with E-state index in [0.717, 1.165) is 16.6 Å². The molecule has 0 atom stereocenters. The van der Waals surface area contributed by atoms with E-state index in [1.54, 1.807) is 0 Å². The van der Waals surface area contributed by atoms with Crippen LogP contribution in [-0.2, 0) is 16.6 Å². The summed E-state index contributed by atoms with van der Waals surface area (Å²) < 4.78 is 28.0. The predicted molar refractivity (Wildman–Crippen MR) is 101 cm³/mol. The van der Waals surface area contributed by atoms with E-state index in [2.05, 4.69) is 20.8 Å². The van der Waals surface area contributed by atoms with E-state index >= 15 is 0 Å². The van der Waals surface area contributed by atoms with Crippen molar-refractivity contribution in [2.45, 2.75) is 11.4 Å². The highest BCUT2D eigenvalue weighted by Gasteiger charge is 2.33. The molecule has 1 heterocycles. The number of piperazine rings is 1. The Balaban J connectivity index is 1.69.